The van der Waals surface area contributed by atoms with Crippen LogP contribution in [-0.2, 0) is 6.54 Å². The molecule has 0 spiro atoms. The van der Waals surface area contributed by atoms with Crippen LogP contribution in [-0.4, -0.2) is 11.0 Å². The van der Waals surface area contributed by atoms with Crippen molar-refractivity contribution in [3.05, 3.63) is 53.7 Å². The van der Waals surface area contributed by atoms with E-state index in [0.29, 0.717) is 11.9 Å². The fourth-order valence-corrected chi connectivity index (χ4v) is 1.70. The fourth-order valence-electron chi connectivity index (χ4n) is 1.70. The minimum Gasteiger partial charge on any atom is -0.439 e. The number of pyridine rings is 1. The van der Waals surface area contributed by atoms with Crippen molar-refractivity contribution < 1.29 is 4.74 Å². The van der Waals surface area contributed by atoms with E-state index in [1.807, 2.05) is 49.5 Å². The second-order valence-electron chi connectivity index (χ2n) is 4.96. The van der Waals surface area contributed by atoms with E-state index in [1.54, 1.807) is 0 Å². The summed E-state index contributed by atoms with van der Waals surface area (Å²) in [5.74, 6) is 1.44. The molecule has 0 bridgehead atoms. The lowest BCUT2D eigenvalue weighted by molar-refractivity contribution is 0.461. The molecule has 2 aromatic rings. The molecule has 19 heavy (non-hydrogen) atoms. The van der Waals surface area contributed by atoms with E-state index in [0.717, 1.165) is 17.9 Å². The highest BCUT2D eigenvalue weighted by atomic mass is 16.5. The van der Waals surface area contributed by atoms with Crippen LogP contribution in [0.3, 0.4) is 0 Å². The number of hydrogen-bond donors (Lipinski definition) is 1. The van der Waals surface area contributed by atoms with Crippen molar-refractivity contribution in [1.29, 1.82) is 0 Å². The first kappa shape index (κ1) is 13.6. The van der Waals surface area contributed by atoms with Crippen LogP contribution >= 0.6 is 0 Å². The Morgan fingerprint density at radius 1 is 1.21 bits per heavy atom. The Kier molecular flexibility index (Phi) is 4.53. The minimum absolute atomic E-state index is 0.475. The predicted molar refractivity (Wildman–Crippen MR) is 77.5 cm³/mol. The van der Waals surface area contributed by atoms with Gasteiger partial charge in [0.1, 0.15) is 5.75 Å². The maximum absolute atomic E-state index is 5.71. The third-order valence-corrected chi connectivity index (χ3v) is 2.72. The average molecular weight is 256 g/mol. The SMILES string of the molecule is Cc1cccc(Oc2ccc(CNC(C)C)cn2)c1. The van der Waals surface area contributed by atoms with Crippen LogP contribution in [0.2, 0.25) is 0 Å². The van der Waals surface area contributed by atoms with Crippen molar-refractivity contribution in [2.75, 3.05) is 0 Å². The molecule has 0 amide bonds. The van der Waals surface area contributed by atoms with Crippen LogP contribution in [0.25, 0.3) is 0 Å². The predicted octanol–water partition coefficient (Wildman–Crippen LogP) is 3.68. The van der Waals surface area contributed by atoms with Crippen molar-refractivity contribution >= 4 is 0 Å². The van der Waals surface area contributed by atoms with Gasteiger partial charge in [0.25, 0.3) is 0 Å². The van der Waals surface area contributed by atoms with Crippen molar-refractivity contribution in [1.82, 2.24) is 10.3 Å². The molecule has 1 aromatic carbocycles. The van der Waals surface area contributed by atoms with Gasteiger partial charge in [-0.2, -0.15) is 0 Å². The van der Waals surface area contributed by atoms with Crippen molar-refractivity contribution in [2.45, 2.75) is 33.4 Å². The number of aryl methyl sites for hydroxylation is 1. The van der Waals surface area contributed by atoms with E-state index < -0.39 is 0 Å². The summed E-state index contributed by atoms with van der Waals surface area (Å²) in [5, 5.41) is 3.36. The molecule has 0 aliphatic rings. The molecule has 0 aliphatic carbocycles. The molecule has 2 rings (SSSR count). The van der Waals surface area contributed by atoms with Gasteiger partial charge in [-0.25, -0.2) is 4.98 Å². The molecule has 1 aromatic heterocycles. The van der Waals surface area contributed by atoms with Gasteiger partial charge in [0.15, 0.2) is 0 Å². The molecule has 0 saturated heterocycles. The van der Waals surface area contributed by atoms with E-state index in [2.05, 4.69) is 24.1 Å². The quantitative estimate of drug-likeness (QED) is 0.886. The number of nitrogens with zero attached hydrogens (tertiary/aromatic N) is 1. The normalized spacial score (nSPS) is 10.7. The first-order valence-electron chi connectivity index (χ1n) is 6.56. The highest BCUT2D eigenvalue weighted by Gasteiger charge is 2.00. The molecule has 0 radical (unpaired) electrons. The summed E-state index contributed by atoms with van der Waals surface area (Å²) in [6, 6.07) is 12.4. The second kappa shape index (κ2) is 6.34. The van der Waals surface area contributed by atoms with Gasteiger partial charge in [0.2, 0.25) is 5.88 Å². The number of hydrogen-bond acceptors (Lipinski definition) is 3. The minimum atomic E-state index is 0.475. The lowest BCUT2D eigenvalue weighted by Gasteiger charge is -2.09. The van der Waals surface area contributed by atoms with E-state index in [1.165, 1.54) is 5.56 Å². The zero-order valence-corrected chi connectivity index (χ0v) is 11.7. The highest BCUT2D eigenvalue weighted by Crippen LogP contribution is 2.20. The molecule has 0 atom stereocenters. The Balaban J connectivity index is 1.98. The Morgan fingerprint density at radius 2 is 2.05 bits per heavy atom. The summed E-state index contributed by atoms with van der Waals surface area (Å²) in [6.45, 7) is 7.13. The van der Waals surface area contributed by atoms with Crippen molar-refractivity contribution in [2.24, 2.45) is 0 Å². The zero-order chi connectivity index (χ0) is 13.7. The fraction of sp³-hybridized carbons (Fsp3) is 0.312. The van der Waals surface area contributed by atoms with E-state index in [9.17, 15) is 0 Å². The molecule has 0 unspecified atom stereocenters. The molecule has 1 heterocycles. The highest BCUT2D eigenvalue weighted by molar-refractivity contribution is 5.31. The summed E-state index contributed by atoms with van der Waals surface area (Å²) < 4.78 is 5.71. The van der Waals surface area contributed by atoms with Gasteiger partial charge >= 0.3 is 0 Å². The first-order valence-corrected chi connectivity index (χ1v) is 6.56. The van der Waals surface area contributed by atoms with Crippen LogP contribution in [0.4, 0.5) is 0 Å². The maximum Gasteiger partial charge on any atom is 0.219 e. The second-order valence-corrected chi connectivity index (χ2v) is 4.96. The van der Waals surface area contributed by atoms with Gasteiger partial charge in [-0.15, -0.1) is 0 Å². The van der Waals surface area contributed by atoms with Crippen molar-refractivity contribution in [3.63, 3.8) is 0 Å². The summed E-state index contributed by atoms with van der Waals surface area (Å²) >= 11 is 0. The third-order valence-electron chi connectivity index (χ3n) is 2.72. The molecule has 3 heteroatoms. The molecule has 3 nitrogen and oxygen atoms in total. The zero-order valence-electron chi connectivity index (χ0n) is 11.7. The largest absolute Gasteiger partial charge is 0.439 e. The lowest BCUT2D eigenvalue weighted by Crippen LogP contribution is -2.21. The number of aromatic nitrogens is 1. The summed E-state index contributed by atoms with van der Waals surface area (Å²) in [6.07, 6.45) is 1.85. The first-order chi connectivity index (χ1) is 9.13. The Morgan fingerprint density at radius 3 is 2.68 bits per heavy atom. The summed E-state index contributed by atoms with van der Waals surface area (Å²) in [4.78, 5) is 4.32. The van der Waals surface area contributed by atoms with Crippen LogP contribution in [0, 0.1) is 6.92 Å². The van der Waals surface area contributed by atoms with Gasteiger partial charge in [-0.05, 0) is 30.2 Å². The Hall–Kier alpha value is -1.87. The number of rotatable bonds is 5. The van der Waals surface area contributed by atoms with E-state index >= 15 is 0 Å². The Labute approximate surface area is 114 Å². The lowest BCUT2D eigenvalue weighted by atomic mass is 10.2. The molecule has 0 fully saturated rings. The van der Waals surface area contributed by atoms with Gasteiger partial charge in [0, 0.05) is 24.8 Å². The van der Waals surface area contributed by atoms with Gasteiger partial charge in [-0.1, -0.05) is 32.0 Å². The summed E-state index contributed by atoms with van der Waals surface area (Å²) in [7, 11) is 0. The van der Waals surface area contributed by atoms with Gasteiger partial charge in [-0.3, -0.25) is 0 Å². The van der Waals surface area contributed by atoms with Crippen LogP contribution in [0.1, 0.15) is 25.0 Å². The standard InChI is InChI=1S/C16H20N2O/c1-12(2)17-10-14-7-8-16(18-11-14)19-15-6-4-5-13(3)9-15/h4-9,11-12,17H,10H2,1-3H3. The van der Waals surface area contributed by atoms with Gasteiger partial charge < -0.3 is 10.1 Å². The van der Waals surface area contributed by atoms with E-state index in [-0.39, 0.29) is 0 Å². The molecule has 100 valence electrons. The monoisotopic (exact) mass is 256 g/mol. The van der Waals surface area contributed by atoms with Crippen molar-refractivity contribution in [3.8, 4) is 11.6 Å². The average Bonchev–Trinajstić information content (AvgIpc) is 2.38. The number of benzene rings is 1. The topological polar surface area (TPSA) is 34.1 Å². The molecule has 1 N–H and O–H groups in total. The smallest absolute Gasteiger partial charge is 0.219 e. The Bertz CT molecular complexity index is 521. The van der Waals surface area contributed by atoms with Gasteiger partial charge in [0.05, 0.1) is 0 Å². The third kappa shape index (κ3) is 4.38. The molecule has 0 saturated carbocycles. The van der Waals surface area contributed by atoms with Crippen LogP contribution in [0.15, 0.2) is 42.6 Å². The summed E-state index contributed by atoms with van der Waals surface area (Å²) in [5.41, 5.74) is 2.33. The molecule has 0 aliphatic heterocycles. The van der Waals surface area contributed by atoms with Crippen LogP contribution in [0.5, 0.6) is 11.6 Å². The number of ether oxygens (including phenoxy) is 1. The number of nitrogens with one attached hydrogen (secondary N) is 1. The maximum atomic E-state index is 5.71. The van der Waals surface area contributed by atoms with Crippen LogP contribution < -0.4 is 10.1 Å². The van der Waals surface area contributed by atoms with E-state index in [4.69, 9.17) is 4.74 Å². The molecular weight excluding hydrogens is 236 g/mol. The molecular formula is C16H20N2O.